The fraction of sp³-hybridized carbons (Fsp3) is 0.0556. The molecule has 0 unspecified atom stereocenters. The molecule has 0 aliphatic heterocycles. The second kappa shape index (κ2) is 6.88. The van der Waals surface area contributed by atoms with E-state index in [9.17, 15) is 9.59 Å². The molecule has 0 spiro atoms. The molecule has 1 aromatic carbocycles. The van der Waals surface area contributed by atoms with E-state index in [0.717, 1.165) is 5.39 Å². The van der Waals surface area contributed by atoms with Crippen LogP contribution in [0.3, 0.4) is 0 Å². The van der Waals surface area contributed by atoms with Crippen molar-refractivity contribution in [1.29, 1.82) is 0 Å². The maximum atomic E-state index is 11.7. The highest BCUT2D eigenvalue weighted by Crippen LogP contribution is 2.26. The predicted molar refractivity (Wildman–Crippen MR) is 95.0 cm³/mol. The molecule has 3 rings (SSSR count). The zero-order valence-electron chi connectivity index (χ0n) is 13.5. The van der Waals surface area contributed by atoms with Crippen molar-refractivity contribution >= 4 is 28.4 Å². The van der Waals surface area contributed by atoms with Gasteiger partial charge in [0.25, 0.3) is 5.91 Å². The molecule has 0 aliphatic rings. The van der Waals surface area contributed by atoms with E-state index in [1.54, 1.807) is 25.4 Å². The predicted octanol–water partition coefficient (Wildman–Crippen LogP) is 2.18. The topological polar surface area (TPSA) is 96.9 Å². The number of aromatic nitrogens is 3. The fourth-order valence-corrected chi connectivity index (χ4v) is 2.33. The Bertz CT molecular complexity index is 984. The molecule has 0 bridgehead atoms. The van der Waals surface area contributed by atoms with Crippen LogP contribution in [0.1, 0.15) is 10.5 Å². The lowest BCUT2D eigenvalue weighted by Gasteiger charge is -2.08. The Morgan fingerprint density at radius 2 is 1.92 bits per heavy atom. The second-order valence-corrected chi connectivity index (χ2v) is 5.13. The van der Waals surface area contributed by atoms with Crippen molar-refractivity contribution in [2.24, 2.45) is 0 Å². The number of carbonyl (C=O) groups is 2. The Balaban J connectivity index is 2.09. The summed E-state index contributed by atoms with van der Waals surface area (Å²) in [6.07, 6.45) is 4.34. The van der Waals surface area contributed by atoms with Gasteiger partial charge in [-0.2, -0.15) is 0 Å². The molecular formula is C18H15N5O2. The van der Waals surface area contributed by atoms with E-state index in [4.69, 9.17) is 0 Å². The number of hydrogen-bond acceptors (Lipinski definition) is 5. The summed E-state index contributed by atoms with van der Waals surface area (Å²) in [7, 11) is 1.54. The Morgan fingerprint density at radius 3 is 2.68 bits per heavy atom. The maximum Gasteiger partial charge on any atom is 0.269 e. The quantitative estimate of drug-likeness (QED) is 0.713. The van der Waals surface area contributed by atoms with Crippen LogP contribution >= 0.6 is 0 Å². The number of rotatable bonds is 4. The van der Waals surface area contributed by atoms with Gasteiger partial charge in [0, 0.05) is 30.4 Å². The summed E-state index contributed by atoms with van der Waals surface area (Å²) in [6, 6.07) is 8.70. The summed E-state index contributed by atoms with van der Waals surface area (Å²) >= 11 is 0. The normalized spacial score (nSPS) is 10.3. The highest BCUT2D eigenvalue weighted by Gasteiger charge is 2.10. The summed E-state index contributed by atoms with van der Waals surface area (Å²) in [6.45, 7) is 3.45. The molecule has 3 aromatic rings. The van der Waals surface area contributed by atoms with Crippen LogP contribution in [0.2, 0.25) is 0 Å². The van der Waals surface area contributed by atoms with Crippen molar-refractivity contribution in [3.05, 3.63) is 61.1 Å². The molecular weight excluding hydrogens is 318 g/mol. The average Bonchev–Trinajstić information content (AvgIpc) is 2.67. The molecule has 2 N–H and O–H groups in total. The third-order valence-electron chi connectivity index (χ3n) is 3.56. The Hall–Kier alpha value is -3.61. The van der Waals surface area contributed by atoms with Crippen LogP contribution in [0, 0.1) is 0 Å². The van der Waals surface area contributed by atoms with Gasteiger partial charge in [0.15, 0.2) is 5.82 Å². The fourth-order valence-electron chi connectivity index (χ4n) is 2.33. The highest BCUT2D eigenvalue weighted by atomic mass is 16.2. The minimum absolute atomic E-state index is 0.277. The molecule has 7 nitrogen and oxygen atoms in total. The minimum atomic E-state index is -0.309. The molecule has 25 heavy (non-hydrogen) atoms. The number of carbonyl (C=O) groups excluding carboxylic acids is 2. The van der Waals surface area contributed by atoms with Crippen molar-refractivity contribution < 1.29 is 9.59 Å². The van der Waals surface area contributed by atoms with E-state index in [1.807, 2.05) is 18.2 Å². The van der Waals surface area contributed by atoms with Gasteiger partial charge >= 0.3 is 0 Å². The Labute approximate surface area is 143 Å². The summed E-state index contributed by atoms with van der Waals surface area (Å²) in [4.78, 5) is 36.2. The van der Waals surface area contributed by atoms with Crippen molar-refractivity contribution in [3.63, 3.8) is 0 Å². The number of amides is 2. The molecule has 2 aromatic heterocycles. The van der Waals surface area contributed by atoms with Gasteiger partial charge in [0.2, 0.25) is 5.91 Å². The lowest BCUT2D eigenvalue weighted by atomic mass is 10.1. The number of benzene rings is 1. The molecule has 7 heteroatoms. The summed E-state index contributed by atoms with van der Waals surface area (Å²) in [5, 5.41) is 6.02. The van der Waals surface area contributed by atoms with Gasteiger partial charge in [0.1, 0.15) is 5.69 Å². The molecule has 0 radical (unpaired) electrons. The number of nitrogens with zero attached hydrogens (tertiary/aromatic N) is 3. The number of hydrogen-bond donors (Lipinski definition) is 2. The Kier molecular flexibility index (Phi) is 4.47. The molecule has 0 saturated heterocycles. The van der Waals surface area contributed by atoms with E-state index >= 15 is 0 Å². The van der Waals surface area contributed by atoms with Gasteiger partial charge in [-0.3, -0.25) is 14.6 Å². The lowest BCUT2D eigenvalue weighted by molar-refractivity contribution is -0.111. The smallest absolute Gasteiger partial charge is 0.269 e. The molecule has 0 saturated carbocycles. The highest BCUT2D eigenvalue weighted by molar-refractivity contribution is 6.05. The van der Waals surface area contributed by atoms with E-state index < -0.39 is 0 Å². The molecule has 0 fully saturated rings. The van der Waals surface area contributed by atoms with Crippen LogP contribution in [-0.4, -0.2) is 33.8 Å². The third-order valence-corrected chi connectivity index (χ3v) is 3.56. The molecule has 124 valence electrons. The number of fused-ring (bicyclic) bond motifs is 1. The average molecular weight is 333 g/mol. The minimum Gasteiger partial charge on any atom is -0.354 e. The first-order valence-electron chi connectivity index (χ1n) is 7.50. The summed E-state index contributed by atoms with van der Waals surface area (Å²) < 4.78 is 0. The molecule has 0 atom stereocenters. The van der Waals surface area contributed by atoms with E-state index in [2.05, 4.69) is 32.2 Å². The van der Waals surface area contributed by atoms with Gasteiger partial charge in [-0.25, -0.2) is 9.97 Å². The third kappa shape index (κ3) is 3.35. The number of pyridine rings is 1. The van der Waals surface area contributed by atoms with Gasteiger partial charge < -0.3 is 10.6 Å². The van der Waals surface area contributed by atoms with Crippen LogP contribution in [0.25, 0.3) is 22.3 Å². The van der Waals surface area contributed by atoms with Crippen molar-refractivity contribution in [3.8, 4) is 11.4 Å². The van der Waals surface area contributed by atoms with Crippen molar-refractivity contribution in [2.75, 3.05) is 12.4 Å². The van der Waals surface area contributed by atoms with Crippen LogP contribution in [-0.2, 0) is 4.79 Å². The van der Waals surface area contributed by atoms with Gasteiger partial charge in [-0.1, -0.05) is 6.58 Å². The first-order chi connectivity index (χ1) is 12.1. The monoisotopic (exact) mass is 333 g/mol. The van der Waals surface area contributed by atoms with Crippen molar-refractivity contribution in [2.45, 2.75) is 0 Å². The zero-order valence-corrected chi connectivity index (χ0v) is 13.5. The zero-order chi connectivity index (χ0) is 17.8. The second-order valence-electron chi connectivity index (χ2n) is 5.13. The van der Waals surface area contributed by atoms with Gasteiger partial charge in [-0.05, 0) is 36.4 Å². The standard InChI is InChI=1S/C18H15N5O2/c1-3-16(24)22-14-6-8-20-13-5-4-11(10-12(13)14)17-21-9-7-15(23-17)18(25)19-2/h3-10H,1H2,2H3,(H,19,25)(H,20,22,24). The van der Waals surface area contributed by atoms with E-state index in [1.165, 1.54) is 12.3 Å². The van der Waals surface area contributed by atoms with Gasteiger partial charge in [0.05, 0.1) is 11.2 Å². The molecule has 2 amide bonds. The lowest BCUT2D eigenvalue weighted by Crippen LogP contribution is -2.19. The van der Waals surface area contributed by atoms with Crippen LogP contribution < -0.4 is 10.6 Å². The molecule has 2 heterocycles. The first kappa shape index (κ1) is 16.3. The van der Waals surface area contributed by atoms with Crippen molar-refractivity contribution in [1.82, 2.24) is 20.3 Å². The maximum absolute atomic E-state index is 11.7. The number of anilines is 1. The van der Waals surface area contributed by atoms with Gasteiger partial charge in [-0.15, -0.1) is 0 Å². The van der Waals surface area contributed by atoms with Crippen LogP contribution in [0.5, 0.6) is 0 Å². The van der Waals surface area contributed by atoms with E-state index in [0.29, 0.717) is 22.6 Å². The SMILES string of the molecule is C=CC(=O)Nc1ccnc2ccc(-c3nccc(C(=O)NC)n3)cc12. The first-order valence-corrected chi connectivity index (χ1v) is 7.50. The Morgan fingerprint density at radius 1 is 1.12 bits per heavy atom. The largest absolute Gasteiger partial charge is 0.354 e. The van der Waals surface area contributed by atoms with Crippen LogP contribution in [0.15, 0.2) is 55.4 Å². The van der Waals surface area contributed by atoms with E-state index in [-0.39, 0.29) is 17.5 Å². The molecule has 0 aliphatic carbocycles. The summed E-state index contributed by atoms with van der Waals surface area (Å²) in [5.74, 6) is -0.186. The van der Waals surface area contributed by atoms with Crippen LogP contribution in [0.4, 0.5) is 5.69 Å². The number of nitrogens with one attached hydrogen (secondary N) is 2. The summed E-state index contributed by atoms with van der Waals surface area (Å²) in [5.41, 5.74) is 2.31.